The summed E-state index contributed by atoms with van der Waals surface area (Å²) in [5, 5.41) is 9.10. The number of benzene rings is 11. The summed E-state index contributed by atoms with van der Waals surface area (Å²) < 4.78 is 6.62. The van der Waals surface area contributed by atoms with E-state index in [-0.39, 0.29) is 0 Å². The summed E-state index contributed by atoms with van der Waals surface area (Å²) in [5.74, 6) is 1.78. The molecule has 11 aromatic carbocycles. The molecule has 0 aliphatic heterocycles. The predicted molar refractivity (Wildman–Crippen MR) is 279 cm³/mol. The molecule has 316 valence electrons. The largest absolute Gasteiger partial charge is 0.456 e. The molecule has 13 aromatic rings. The van der Waals surface area contributed by atoms with Gasteiger partial charge in [0.2, 0.25) is 0 Å². The van der Waals surface area contributed by atoms with Gasteiger partial charge in [0.1, 0.15) is 11.2 Å². The van der Waals surface area contributed by atoms with E-state index >= 15 is 0 Å². The highest BCUT2D eigenvalue weighted by Gasteiger charge is 2.46. The molecule has 0 N–H and O–H groups in total. The van der Waals surface area contributed by atoms with Crippen LogP contribution in [0.3, 0.4) is 0 Å². The summed E-state index contributed by atoms with van der Waals surface area (Å²) in [4.78, 5) is 16.2. The first-order valence-electron chi connectivity index (χ1n) is 23.2. The lowest BCUT2D eigenvalue weighted by atomic mass is 9.67. The van der Waals surface area contributed by atoms with Gasteiger partial charge in [0.15, 0.2) is 17.5 Å². The molecule has 4 heteroatoms. The van der Waals surface area contributed by atoms with Gasteiger partial charge in [-0.05, 0) is 113 Å². The van der Waals surface area contributed by atoms with Crippen molar-refractivity contribution in [1.82, 2.24) is 15.0 Å². The second-order valence-electron chi connectivity index (χ2n) is 17.8. The highest BCUT2D eigenvalue weighted by Crippen LogP contribution is 2.57. The van der Waals surface area contributed by atoms with Crippen LogP contribution in [0.1, 0.15) is 22.3 Å². The fourth-order valence-electron chi connectivity index (χ4n) is 11.1. The van der Waals surface area contributed by atoms with Crippen LogP contribution in [-0.2, 0) is 5.41 Å². The summed E-state index contributed by atoms with van der Waals surface area (Å²) in [6.45, 7) is 0. The highest BCUT2D eigenvalue weighted by molar-refractivity contribution is 6.13. The number of rotatable bonds is 6. The van der Waals surface area contributed by atoms with Crippen LogP contribution in [0, 0.1) is 0 Å². The lowest BCUT2D eigenvalue weighted by Crippen LogP contribution is -2.28. The molecule has 2 heterocycles. The number of fused-ring (bicyclic) bond motifs is 10. The van der Waals surface area contributed by atoms with Gasteiger partial charge in [-0.2, -0.15) is 0 Å². The van der Waals surface area contributed by atoms with E-state index in [9.17, 15) is 0 Å². The van der Waals surface area contributed by atoms with Crippen LogP contribution in [0.2, 0.25) is 0 Å². The molecule has 1 aliphatic carbocycles. The lowest BCUT2D eigenvalue weighted by Gasteiger charge is -2.34. The summed E-state index contributed by atoms with van der Waals surface area (Å²) in [5.41, 5.74) is 13.3. The Morgan fingerprint density at radius 3 is 1.66 bits per heavy atom. The van der Waals surface area contributed by atoms with Crippen molar-refractivity contribution in [2.45, 2.75) is 5.41 Å². The van der Waals surface area contributed by atoms with Crippen molar-refractivity contribution < 1.29 is 4.42 Å². The molecule has 4 nitrogen and oxygen atoms in total. The molecule has 0 atom stereocenters. The van der Waals surface area contributed by atoms with E-state index < -0.39 is 5.41 Å². The van der Waals surface area contributed by atoms with E-state index in [1.807, 2.05) is 30.3 Å². The Hall–Kier alpha value is -8.99. The normalized spacial score (nSPS) is 12.8. The third-order valence-electron chi connectivity index (χ3n) is 14.2. The van der Waals surface area contributed by atoms with E-state index in [4.69, 9.17) is 19.4 Å². The fourth-order valence-corrected chi connectivity index (χ4v) is 11.1. The zero-order valence-electron chi connectivity index (χ0n) is 36.8. The Bertz CT molecular complexity index is 4110. The van der Waals surface area contributed by atoms with Crippen molar-refractivity contribution in [2.75, 3.05) is 0 Å². The van der Waals surface area contributed by atoms with Crippen LogP contribution in [0.15, 0.2) is 241 Å². The van der Waals surface area contributed by atoms with Crippen molar-refractivity contribution >= 4 is 54.3 Å². The van der Waals surface area contributed by atoms with Gasteiger partial charge < -0.3 is 4.42 Å². The summed E-state index contributed by atoms with van der Waals surface area (Å²) in [6.07, 6.45) is 0. The van der Waals surface area contributed by atoms with Crippen molar-refractivity contribution in [3.8, 4) is 56.4 Å². The average Bonchev–Trinajstić information content (AvgIpc) is 3.94. The molecule has 0 amide bonds. The standard InChI is InChI=1S/C64H39N3O/c1-3-17-41(18-4-1)61-65-62(53-26-15-29-59-60(53)55-38-43(33-35-58(55)68-59)42-32-34-50-45(36-42)31-30-40-16-7-9-22-48(40)50)67-63(66-61)54-39-47(37-44-19-8-10-23-49(44)54)64(46-20-5-2-6-21-46)56-27-13-11-24-51(56)52-25-12-14-28-57(52)64/h1-39H. The number of hydrogen-bond acceptors (Lipinski definition) is 4. The molecule has 0 fully saturated rings. The number of aromatic nitrogens is 3. The van der Waals surface area contributed by atoms with Crippen LogP contribution in [-0.4, -0.2) is 15.0 Å². The van der Waals surface area contributed by atoms with E-state index in [1.54, 1.807) is 0 Å². The maximum Gasteiger partial charge on any atom is 0.164 e. The van der Waals surface area contributed by atoms with Crippen LogP contribution < -0.4 is 0 Å². The SMILES string of the molecule is c1ccc(-c2nc(-c3cc(C4(c5ccccc5)c5ccccc5-c5ccccc54)cc4ccccc34)nc(-c3cccc4oc5ccc(-c6ccc7c(ccc8ccccc87)c6)cc5c34)n2)cc1. The van der Waals surface area contributed by atoms with E-state index in [0.717, 1.165) is 66.1 Å². The smallest absolute Gasteiger partial charge is 0.164 e. The molecular formula is C64H39N3O. The van der Waals surface area contributed by atoms with Gasteiger partial charge in [-0.3, -0.25) is 0 Å². The molecule has 0 unspecified atom stereocenters. The molecular weight excluding hydrogens is 827 g/mol. The highest BCUT2D eigenvalue weighted by atomic mass is 16.3. The zero-order chi connectivity index (χ0) is 44.8. The average molecular weight is 866 g/mol. The first-order chi connectivity index (χ1) is 33.7. The molecule has 0 saturated carbocycles. The maximum absolute atomic E-state index is 6.62. The molecule has 0 spiro atoms. The molecule has 0 radical (unpaired) electrons. The second kappa shape index (κ2) is 15.0. The summed E-state index contributed by atoms with van der Waals surface area (Å²) >= 11 is 0. The third-order valence-corrected chi connectivity index (χ3v) is 14.2. The van der Waals surface area contributed by atoms with Gasteiger partial charge in [-0.15, -0.1) is 0 Å². The molecule has 68 heavy (non-hydrogen) atoms. The predicted octanol–water partition coefficient (Wildman–Crippen LogP) is 16.3. The monoisotopic (exact) mass is 865 g/mol. The van der Waals surface area contributed by atoms with Gasteiger partial charge in [-0.1, -0.05) is 200 Å². The molecule has 0 saturated heterocycles. The Labute approximate surface area is 392 Å². The Balaban J connectivity index is 1.00. The quantitative estimate of drug-likeness (QED) is 0.156. The van der Waals surface area contributed by atoms with Crippen molar-refractivity contribution in [3.63, 3.8) is 0 Å². The third kappa shape index (κ3) is 5.77. The molecule has 0 bridgehead atoms. The Kier molecular flexibility index (Phi) is 8.46. The lowest BCUT2D eigenvalue weighted by molar-refractivity contribution is 0.669. The van der Waals surface area contributed by atoms with Gasteiger partial charge in [0.25, 0.3) is 0 Å². The minimum Gasteiger partial charge on any atom is -0.456 e. The fraction of sp³-hybridized carbons (Fsp3) is 0.0156. The van der Waals surface area contributed by atoms with Crippen molar-refractivity contribution in [1.29, 1.82) is 0 Å². The van der Waals surface area contributed by atoms with Gasteiger partial charge in [0, 0.05) is 27.5 Å². The minimum absolute atomic E-state index is 0.578. The number of hydrogen-bond donors (Lipinski definition) is 0. The first-order valence-corrected chi connectivity index (χ1v) is 23.2. The maximum atomic E-state index is 6.62. The van der Waals surface area contributed by atoms with Gasteiger partial charge in [-0.25, -0.2) is 15.0 Å². The van der Waals surface area contributed by atoms with Crippen LogP contribution in [0.25, 0.3) is 111 Å². The van der Waals surface area contributed by atoms with Crippen molar-refractivity contribution in [3.05, 3.63) is 259 Å². The number of nitrogens with zero attached hydrogens (tertiary/aromatic N) is 3. The second-order valence-corrected chi connectivity index (χ2v) is 17.8. The zero-order valence-corrected chi connectivity index (χ0v) is 36.8. The summed E-state index contributed by atoms with van der Waals surface area (Å²) in [6, 6.07) is 84.7. The molecule has 2 aromatic heterocycles. The van der Waals surface area contributed by atoms with Crippen molar-refractivity contribution in [2.24, 2.45) is 0 Å². The first kappa shape index (κ1) is 38.3. The van der Waals surface area contributed by atoms with E-state index in [0.29, 0.717) is 17.5 Å². The van der Waals surface area contributed by atoms with Crippen LogP contribution >= 0.6 is 0 Å². The molecule has 1 aliphatic rings. The van der Waals surface area contributed by atoms with Crippen LogP contribution in [0.4, 0.5) is 0 Å². The minimum atomic E-state index is -0.608. The summed E-state index contributed by atoms with van der Waals surface area (Å²) in [7, 11) is 0. The van der Waals surface area contributed by atoms with E-state index in [1.165, 1.54) is 49.4 Å². The number of furan rings is 1. The Morgan fingerprint density at radius 2 is 0.868 bits per heavy atom. The van der Waals surface area contributed by atoms with Gasteiger partial charge in [0.05, 0.1) is 5.41 Å². The van der Waals surface area contributed by atoms with E-state index in [2.05, 4.69) is 206 Å². The van der Waals surface area contributed by atoms with Gasteiger partial charge >= 0.3 is 0 Å². The molecule has 14 rings (SSSR count). The van der Waals surface area contributed by atoms with Crippen LogP contribution in [0.5, 0.6) is 0 Å². The Morgan fingerprint density at radius 1 is 0.294 bits per heavy atom. The topological polar surface area (TPSA) is 51.8 Å².